The number of rotatable bonds is 5. The van der Waals surface area contributed by atoms with Crippen molar-refractivity contribution in [1.29, 1.82) is 0 Å². The zero-order valence-corrected chi connectivity index (χ0v) is 9.87. The molecule has 0 amide bonds. The zero-order valence-electron chi connectivity index (χ0n) is 9.87. The van der Waals surface area contributed by atoms with E-state index in [9.17, 15) is 5.11 Å². The van der Waals surface area contributed by atoms with Crippen LogP contribution in [-0.4, -0.2) is 23.9 Å². The van der Waals surface area contributed by atoms with Gasteiger partial charge in [-0.3, -0.25) is 0 Å². The lowest BCUT2D eigenvalue weighted by molar-refractivity contribution is -0.113. The van der Waals surface area contributed by atoms with Crippen LogP contribution in [-0.2, 0) is 4.74 Å². The van der Waals surface area contributed by atoms with Crippen LogP contribution in [0.4, 0.5) is 0 Å². The van der Waals surface area contributed by atoms with Gasteiger partial charge in [0.1, 0.15) is 0 Å². The van der Waals surface area contributed by atoms with E-state index in [1.165, 1.54) is 25.7 Å². The van der Waals surface area contributed by atoms with Crippen molar-refractivity contribution < 1.29 is 9.84 Å². The first-order chi connectivity index (χ1) is 7.25. The minimum Gasteiger partial charge on any atom is -0.390 e. The summed E-state index contributed by atoms with van der Waals surface area (Å²) >= 11 is 0. The van der Waals surface area contributed by atoms with Crippen LogP contribution in [0.15, 0.2) is 12.7 Å². The monoisotopic (exact) mass is 212 g/mol. The lowest BCUT2D eigenvalue weighted by atomic mass is 9.86. The fraction of sp³-hybridized carbons (Fsp3) is 0.846. The van der Waals surface area contributed by atoms with Crippen LogP contribution in [0.2, 0.25) is 0 Å². The molecule has 1 rings (SSSR count). The van der Waals surface area contributed by atoms with Crippen LogP contribution in [0.5, 0.6) is 0 Å². The second-order valence-corrected chi connectivity index (χ2v) is 4.56. The molecule has 1 N–H and O–H groups in total. The molecule has 0 spiro atoms. The molecule has 1 unspecified atom stereocenters. The summed E-state index contributed by atoms with van der Waals surface area (Å²) in [6, 6.07) is 0. The summed E-state index contributed by atoms with van der Waals surface area (Å²) in [6.45, 7) is 3.69. The Labute approximate surface area is 93.3 Å². The number of hydrogen-bond donors (Lipinski definition) is 1. The highest BCUT2D eigenvalue weighted by atomic mass is 16.5. The highest BCUT2D eigenvalue weighted by Crippen LogP contribution is 2.34. The molecule has 0 bridgehead atoms. The topological polar surface area (TPSA) is 29.5 Å². The summed E-state index contributed by atoms with van der Waals surface area (Å²) < 4.78 is 5.63. The van der Waals surface area contributed by atoms with E-state index in [2.05, 4.69) is 6.58 Å². The van der Waals surface area contributed by atoms with Crippen LogP contribution in [0, 0.1) is 0 Å². The molecule has 1 aliphatic rings. The Hall–Kier alpha value is -0.340. The van der Waals surface area contributed by atoms with Gasteiger partial charge in [0.15, 0.2) is 0 Å². The largest absolute Gasteiger partial charge is 0.390 e. The fourth-order valence-corrected chi connectivity index (χ4v) is 2.54. The maximum atomic E-state index is 10.2. The van der Waals surface area contributed by atoms with Gasteiger partial charge in [-0.25, -0.2) is 0 Å². The Morgan fingerprint density at radius 1 is 1.33 bits per heavy atom. The van der Waals surface area contributed by atoms with Gasteiger partial charge in [-0.15, -0.1) is 6.58 Å². The molecular formula is C13H24O2. The Kier molecular flexibility index (Phi) is 5.34. The predicted octanol–water partition coefficient (Wildman–Crippen LogP) is 3.05. The van der Waals surface area contributed by atoms with Crippen LogP contribution in [0.1, 0.15) is 51.4 Å². The number of aliphatic hydroxyl groups excluding tert-OH is 1. The van der Waals surface area contributed by atoms with Gasteiger partial charge in [0.2, 0.25) is 0 Å². The van der Waals surface area contributed by atoms with Crippen molar-refractivity contribution in [2.45, 2.75) is 63.1 Å². The molecule has 15 heavy (non-hydrogen) atoms. The summed E-state index contributed by atoms with van der Waals surface area (Å²) in [4.78, 5) is 0. The average molecular weight is 212 g/mol. The molecular weight excluding hydrogens is 188 g/mol. The highest BCUT2D eigenvalue weighted by molar-refractivity contribution is 4.90. The number of methoxy groups -OCH3 is 1. The van der Waals surface area contributed by atoms with E-state index >= 15 is 0 Å². The SMILES string of the molecule is C=CCCC(O)C1(OC)CCCCCC1. The van der Waals surface area contributed by atoms with Crippen molar-refractivity contribution in [3.8, 4) is 0 Å². The summed E-state index contributed by atoms with van der Waals surface area (Å²) in [5, 5.41) is 10.2. The first-order valence-electron chi connectivity index (χ1n) is 6.09. The summed E-state index contributed by atoms with van der Waals surface area (Å²) in [7, 11) is 1.74. The fourth-order valence-electron chi connectivity index (χ4n) is 2.54. The summed E-state index contributed by atoms with van der Waals surface area (Å²) in [5.41, 5.74) is -0.278. The van der Waals surface area contributed by atoms with E-state index in [1.807, 2.05) is 6.08 Å². The molecule has 0 radical (unpaired) electrons. The second-order valence-electron chi connectivity index (χ2n) is 4.56. The Bertz CT molecular complexity index is 181. The third-order valence-corrected chi connectivity index (χ3v) is 3.61. The number of allylic oxidation sites excluding steroid dienone is 1. The van der Waals surface area contributed by atoms with E-state index in [-0.39, 0.29) is 11.7 Å². The maximum absolute atomic E-state index is 10.2. The van der Waals surface area contributed by atoms with Gasteiger partial charge in [0.05, 0.1) is 11.7 Å². The Morgan fingerprint density at radius 2 is 1.93 bits per heavy atom. The van der Waals surface area contributed by atoms with Gasteiger partial charge in [-0.2, -0.15) is 0 Å². The smallest absolute Gasteiger partial charge is 0.0936 e. The normalized spacial score (nSPS) is 23.1. The van der Waals surface area contributed by atoms with Crippen molar-refractivity contribution in [3.05, 3.63) is 12.7 Å². The summed E-state index contributed by atoms with van der Waals surface area (Å²) in [5.74, 6) is 0. The van der Waals surface area contributed by atoms with E-state index < -0.39 is 0 Å². The van der Waals surface area contributed by atoms with Gasteiger partial charge in [0.25, 0.3) is 0 Å². The van der Waals surface area contributed by atoms with Crippen molar-refractivity contribution in [2.75, 3.05) is 7.11 Å². The van der Waals surface area contributed by atoms with Crippen molar-refractivity contribution in [1.82, 2.24) is 0 Å². The lowest BCUT2D eigenvalue weighted by Gasteiger charge is -2.36. The molecule has 1 saturated carbocycles. The molecule has 0 saturated heterocycles. The van der Waals surface area contributed by atoms with Gasteiger partial charge in [-0.1, -0.05) is 31.8 Å². The minimum atomic E-state index is -0.335. The van der Waals surface area contributed by atoms with Gasteiger partial charge < -0.3 is 9.84 Å². The lowest BCUT2D eigenvalue weighted by Crippen LogP contribution is -2.43. The van der Waals surface area contributed by atoms with Crippen LogP contribution in [0.3, 0.4) is 0 Å². The number of aliphatic hydroxyl groups is 1. The quantitative estimate of drug-likeness (QED) is 0.560. The van der Waals surface area contributed by atoms with Crippen molar-refractivity contribution in [3.63, 3.8) is 0 Å². The number of hydrogen-bond acceptors (Lipinski definition) is 2. The van der Waals surface area contributed by atoms with E-state index in [4.69, 9.17) is 4.74 Å². The molecule has 2 nitrogen and oxygen atoms in total. The van der Waals surface area contributed by atoms with Crippen molar-refractivity contribution >= 4 is 0 Å². The molecule has 1 aliphatic carbocycles. The molecule has 88 valence electrons. The molecule has 1 atom stereocenters. The molecule has 0 heterocycles. The van der Waals surface area contributed by atoms with E-state index in [0.717, 1.165) is 25.7 Å². The second kappa shape index (κ2) is 6.29. The minimum absolute atomic E-state index is 0.278. The summed E-state index contributed by atoms with van der Waals surface area (Å²) in [6.07, 6.45) is 10.1. The van der Waals surface area contributed by atoms with Crippen LogP contribution < -0.4 is 0 Å². The van der Waals surface area contributed by atoms with Gasteiger partial charge >= 0.3 is 0 Å². The highest BCUT2D eigenvalue weighted by Gasteiger charge is 2.37. The van der Waals surface area contributed by atoms with E-state index in [1.54, 1.807) is 7.11 Å². The van der Waals surface area contributed by atoms with Crippen molar-refractivity contribution in [2.24, 2.45) is 0 Å². The third-order valence-electron chi connectivity index (χ3n) is 3.61. The molecule has 0 aliphatic heterocycles. The molecule has 0 aromatic rings. The first-order valence-corrected chi connectivity index (χ1v) is 6.09. The average Bonchev–Trinajstić information content (AvgIpc) is 2.52. The first kappa shape index (κ1) is 12.7. The van der Waals surface area contributed by atoms with Crippen LogP contribution >= 0.6 is 0 Å². The molecule has 1 fully saturated rings. The standard InChI is InChI=1S/C13H24O2/c1-3-4-9-12(14)13(15-2)10-7-5-6-8-11-13/h3,12,14H,1,4-11H2,2H3. The Balaban J connectivity index is 2.58. The third kappa shape index (κ3) is 3.32. The molecule has 0 aromatic carbocycles. The predicted molar refractivity (Wildman–Crippen MR) is 62.9 cm³/mol. The van der Waals surface area contributed by atoms with Gasteiger partial charge in [0, 0.05) is 7.11 Å². The van der Waals surface area contributed by atoms with E-state index in [0.29, 0.717) is 0 Å². The Morgan fingerprint density at radius 3 is 2.40 bits per heavy atom. The van der Waals surface area contributed by atoms with Gasteiger partial charge in [-0.05, 0) is 25.7 Å². The maximum Gasteiger partial charge on any atom is 0.0936 e. The molecule has 2 heteroatoms. The zero-order chi connectivity index (χ0) is 11.1. The number of ether oxygens (including phenoxy) is 1. The molecule has 0 aromatic heterocycles. The van der Waals surface area contributed by atoms with Crippen LogP contribution in [0.25, 0.3) is 0 Å².